The lowest BCUT2D eigenvalue weighted by atomic mass is 10.1. The Hall–Kier alpha value is -2.74. The number of rotatable bonds is 6. The van der Waals surface area contributed by atoms with Gasteiger partial charge in [-0.2, -0.15) is 0 Å². The number of carboxylic acids is 1. The van der Waals surface area contributed by atoms with E-state index in [0.717, 1.165) is 5.56 Å². The molecular weight excluding hydrogens is 330 g/mol. The lowest BCUT2D eigenvalue weighted by Crippen LogP contribution is -2.38. The lowest BCUT2D eigenvalue weighted by Gasteiger charge is -2.14. The highest BCUT2D eigenvalue weighted by Crippen LogP contribution is 2.21. The van der Waals surface area contributed by atoms with Gasteiger partial charge in [0.05, 0.1) is 5.01 Å². The summed E-state index contributed by atoms with van der Waals surface area (Å²) in [5.41, 5.74) is 1.59. The maximum absolute atomic E-state index is 12.2. The number of benzene rings is 1. The minimum Gasteiger partial charge on any atom is -0.476 e. The van der Waals surface area contributed by atoms with Crippen molar-refractivity contribution in [2.24, 2.45) is 0 Å². The van der Waals surface area contributed by atoms with Crippen LogP contribution in [0.5, 0.6) is 0 Å². The Balaban J connectivity index is 1.46. The van der Waals surface area contributed by atoms with Gasteiger partial charge in [-0.05, 0) is 11.6 Å². The van der Waals surface area contributed by atoms with Gasteiger partial charge in [-0.3, -0.25) is 9.59 Å². The summed E-state index contributed by atoms with van der Waals surface area (Å²) < 4.78 is 0. The van der Waals surface area contributed by atoms with Gasteiger partial charge >= 0.3 is 5.97 Å². The van der Waals surface area contributed by atoms with Crippen molar-refractivity contribution in [3.63, 3.8) is 0 Å². The lowest BCUT2D eigenvalue weighted by molar-refractivity contribution is -0.121. The number of hydrogen-bond donors (Lipinski definition) is 2. The van der Waals surface area contributed by atoms with Crippen LogP contribution < -0.4 is 5.32 Å². The van der Waals surface area contributed by atoms with E-state index in [0.29, 0.717) is 30.1 Å². The largest absolute Gasteiger partial charge is 0.476 e. The topological polar surface area (TPSA) is 99.6 Å². The van der Waals surface area contributed by atoms with Gasteiger partial charge in [0.1, 0.15) is 6.54 Å². The van der Waals surface area contributed by atoms with Crippen LogP contribution >= 0.6 is 11.3 Å². The highest BCUT2D eigenvalue weighted by molar-refractivity contribution is 7.09. The Morgan fingerprint density at radius 3 is 2.83 bits per heavy atom. The Morgan fingerprint density at radius 2 is 2.12 bits per heavy atom. The fourth-order valence-electron chi connectivity index (χ4n) is 2.50. The maximum atomic E-state index is 12.2. The highest BCUT2D eigenvalue weighted by Gasteiger charge is 2.27. The molecule has 2 heterocycles. The number of thiazole rings is 1. The van der Waals surface area contributed by atoms with Crippen LogP contribution in [0.4, 0.5) is 0 Å². The number of fused-ring (bicyclic) bond motifs is 1. The summed E-state index contributed by atoms with van der Waals surface area (Å²) >= 11 is 1.25. The molecule has 2 aromatic rings. The van der Waals surface area contributed by atoms with Gasteiger partial charge in [0.2, 0.25) is 5.91 Å². The molecule has 0 bridgehead atoms. The van der Waals surface area contributed by atoms with Crippen LogP contribution in [0, 0.1) is 0 Å². The van der Waals surface area contributed by atoms with E-state index in [1.54, 1.807) is 12.1 Å². The van der Waals surface area contributed by atoms with E-state index in [4.69, 9.17) is 5.11 Å². The number of carboxylic acid groups (broad SMARTS) is 1. The number of carbonyl (C=O) groups is 3. The van der Waals surface area contributed by atoms with E-state index in [1.165, 1.54) is 21.6 Å². The smallest absolute Gasteiger partial charge is 0.355 e. The Kier molecular flexibility index (Phi) is 4.57. The second kappa shape index (κ2) is 6.79. The van der Waals surface area contributed by atoms with Gasteiger partial charge in [-0.15, -0.1) is 11.3 Å². The van der Waals surface area contributed by atoms with Crippen LogP contribution in [-0.4, -0.2) is 45.9 Å². The quantitative estimate of drug-likeness (QED) is 0.818. The summed E-state index contributed by atoms with van der Waals surface area (Å²) in [6.45, 7) is 0.795. The molecule has 0 saturated carbocycles. The molecule has 1 aromatic heterocycles. The molecule has 1 aliphatic heterocycles. The minimum absolute atomic E-state index is 0.00571. The van der Waals surface area contributed by atoms with Crippen LogP contribution in [0.15, 0.2) is 29.6 Å². The molecule has 0 atom stereocenters. The summed E-state index contributed by atoms with van der Waals surface area (Å²) in [6, 6.07) is 7.32. The van der Waals surface area contributed by atoms with Gasteiger partial charge in [0.25, 0.3) is 5.91 Å². The summed E-state index contributed by atoms with van der Waals surface area (Å²) in [7, 11) is 0. The average Bonchev–Trinajstić information content (AvgIpc) is 3.14. The van der Waals surface area contributed by atoms with Crippen LogP contribution in [0.2, 0.25) is 0 Å². The van der Waals surface area contributed by atoms with Crippen molar-refractivity contribution in [2.75, 3.05) is 13.1 Å². The van der Waals surface area contributed by atoms with E-state index in [1.807, 2.05) is 12.1 Å². The Bertz CT molecular complexity index is 802. The molecular formula is C16H15N3O4S. The van der Waals surface area contributed by atoms with Gasteiger partial charge in [-0.25, -0.2) is 9.78 Å². The predicted molar refractivity (Wildman–Crippen MR) is 87.0 cm³/mol. The zero-order valence-electron chi connectivity index (χ0n) is 12.7. The third-order valence-electron chi connectivity index (χ3n) is 3.66. The van der Waals surface area contributed by atoms with Crippen molar-refractivity contribution < 1.29 is 19.5 Å². The molecule has 0 unspecified atom stereocenters. The van der Waals surface area contributed by atoms with Gasteiger partial charge in [-0.1, -0.05) is 18.2 Å². The van der Waals surface area contributed by atoms with E-state index >= 15 is 0 Å². The normalized spacial score (nSPS) is 13.0. The molecule has 0 radical (unpaired) electrons. The Morgan fingerprint density at radius 1 is 1.33 bits per heavy atom. The third kappa shape index (κ3) is 3.43. The van der Waals surface area contributed by atoms with E-state index in [-0.39, 0.29) is 24.1 Å². The zero-order valence-corrected chi connectivity index (χ0v) is 13.5. The van der Waals surface area contributed by atoms with Crippen molar-refractivity contribution in [1.82, 2.24) is 15.2 Å². The molecule has 2 N–H and O–H groups in total. The van der Waals surface area contributed by atoms with E-state index in [9.17, 15) is 14.4 Å². The molecule has 0 saturated heterocycles. The van der Waals surface area contributed by atoms with Gasteiger partial charge < -0.3 is 15.3 Å². The van der Waals surface area contributed by atoms with Crippen LogP contribution in [0.1, 0.15) is 31.4 Å². The molecule has 2 amide bonds. The molecule has 0 spiro atoms. The van der Waals surface area contributed by atoms with E-state index < -0.39 is 5.97 Å². The van der Waals surface area contributed by atoms with Crippen molar-refractivity contribution in [2.45, 2.75) is 13.0 Å². The number of aromatic carboxylic acids is 1. The first-order valence-electron chi connectivity index (χ1n) is 7.36. The predicted octanol–water partition coefficient (Wildman–Crippen LogP) is 1.16. The summed E-state index contributed by atoms with van der Waals surface area (Å²) in [5.74, 6) is -1.44. The van der Waals surface area contributed by atoms with Crippen molar-refractivity contribution in [1.29, 1.82) is 0 Å². The van der Waals surface area contributed by atoms with Gasteiger partial charge in [0.15, 0.2) is 5.69 Å². The van der Waals surface area contributed by atoms with Crippen molar-refractivity contribution >= 4 is 29.1 Å². The van der Waals surface area contributed by atoms with Crippen LogP contribution in [0.3, 0.4) is 0 Å². The first-order chi connectivity index (χ1) is 11.5. The molecule has 7 nitrogen and oxygen atoms in total. The molecule has 0 aliphatic carbocycles. The second-order valence-electron chi connectivity index (χ2n) is 5.35. The maximum Gasteiger partial charge on any atom is 0.355 e. The SMILES string of the molecule is O=C(CN1Cc2ccccc2C1=O)NCCc1nc(C(=O)O)cs1. The van der Waals surface area contributed by atoms with Crippen LogP contribution in [0.25, 0.3) is 0 Å². The average molecular weight is 345 g/mol. The van der Waals surface area contributed by atoms with Gasteiger partial charge in [0, 0.05) is 30.5 Å². The first-order valence-corrected chi connectivity index (χ1v) is 8.24. The van der Waals surface area contributed by atoms with Crippen LogP contribution in [-0.2, 0) is 17.8 Å². The van der Waals surface area contributed by atoms with Crippen molar-refractivity contribution in [3.05, 3.63) is 51.5 Å². The number of carbonyl (C=O) groups excluding carboxylic acids is 2. The number of nitrogens with one attached hydrogen (secondary N) is 1. The molecule has 3 rings (SSSR count). The molecule has 8 heteroatoms. The number of amides is 2. The third-order valence-corrected chi connectivity index (χ3v) is 4.57. The molecule has 1 aromatic carbocycles. The molecule has 1 aliphatic rings. The molecule has 0 fully saturated rings. The van der Waals surface area contributed by atoms with E-state index in [2.05, 4.69) is 10.3 Å². The fourth-order valence-corrected chi connectivity index (χ4v) is 3.28. The summed E-state index contributed by atoms with van der Waals surface area (Å²) in [4.78, 5) is 40.4. The fraction of sp³-hybridized carbons (Fsp3) is 0.250. The molecule has 24 heavy (non-hydrogen) atoms. The standard InChI is InChI=1S/C16H15N3O4S/c20-13(17-6-5-14-18-12(9-24-14)16(22)23)8-19-7-10-3-1-2-4-11(10)15(19)21/h1-4,9H,5-8H2,(H,17,20)(H,22,23). The number of hydrogen-bond acceptors (Lipinski definition) is 5. The minimum atomic E-state index is -1.06. The monoisotopic (exact) mass is 345 g/mol. The summed E-state index contributed by atoms with van der Waals surface area (Å²) in [6.07, 6.45) is 0.456. The number of nitrogens with zero attached hydrogens (tertiary/aromatic N) is 2. The summed E-state index contributed by atoms with van der Waals surface area (Å²) in [5, 5.41) is 13.7. The molecule has 124 valence electrons. The first kappa shape index (κ1) is 16.1. The Labute approximate surface area is 141 Å². The number of aromatic nitrogens is 1. The second-order valence-corrected chi connectivity index (χ2v) is 6.29. The zero-order chi connectivity index (χ0) is 17.1. The van der Waals surface area contributed by atoms with Crippen molar-refractivity contribution in [3.8, 4) is 0 Å². The highest BCUT2D eigenvalue weighted by atomic mass is 32.1.